The number of nitrogens with two attached hydrogens (primary N) is 1. The fourth-order valence-corrected chi connectivity index (χ4v) is 4.43. The number of carbonyl (C=O) groups is 1. The number of H-pyrrole nitrogens is 1. The minimum absolute atomic E-state index is 0.0957. The maximum Gasteiger partial charge on any atom is 0.252 e. The van der Waals surface area contributed by atoms with Crippen LogP contribution < -0.4 is 11.1 Å². The standard InChI is InChI=1S/C17H21N7O2S/c1-9-12(10(2)26-23-9)6-24-4-3-11-13(8-27-14(11)7-24)16(25)19-5-15-20-17(18)22-21-15/h8H,3-7H2,1-2H3,(H,19,25)(H3,18,20,21,22). The molecule has 10 heteroatoms. The van der Waals surface area contributed by atoms with Gasteiger partial charge >= 0.3 is 0 Å². The Labute approximate surface area is 159 Å². The maximum atomic E-state index is 12.6. The lowest BCUT2D eigenvalue weighted by Crippen LogP contribution is -2.31. The highest BCUT2D eigenvalue weighted by atomic mass is 32.1. The van der Waals surface area contributed by atoms with Gasteiger partial charge in [-0.2, -0.15) is 4.98 Å². The number of nitrogens with zero attached hydrogens (tertiary/aromatic N) is 4. The second-order valence-electron chi connectivity index (χ2n) is 6.64. The van der Waals surface area contributed by atoms with Crippen molar-refractivity contribution in [2.24, 2.45) is 0 Å². The molecule has 1 aliphatic rings. The summed E-state index contributed by atoms with van der Waals surface area (Å²) in [7, 11) is 0. The van der Waals surface area contributed by atoms with Crippen LogP contribution in [-0.2, 0) is 26.1 Å². The van der Waals surface area contributed by atoms with E-state index in [-0.39, 0.29) is 18.4 Å². The van der Waals surface area contributed by atoms with Crippen LogP contribution in [0.2, 0.25) is 0 Å². The zero-order chi connectivity index (χ0) is 19.0. The summed E-state index contributed by atoms with van der Waals surface area (Å²) < 4.78 is 5.26. The van der Waals surface area contributed by atoms with Crippen LogP contribution in [0.5, 0.6) is 0 Å². The van der Waals surface area contributed by atoms with E-state index in [2.05, 4.69) is 30.6 Å². The lowest BCUT2D eigenvalue weighted by molar-refractivity contribution is 0.0948. The Morgan fingerprint density at radius 1 is 1.48 bits per heavy atom. The number of aromatic nitrogens is 4. The first kappa shape index (κ1) is 17.7. The van der Waals surface area contributed by atoms with Gasteiger partial charge in [-0.1, -0.05) is 5.16 Å². The van der Waals surface area contributed by atoms with E-state index < -0.39 is 0 Å². The normalized spacial score (nSPS) is 14.3. The lowest BCUT2D eigenvalue weighted by atomic mass is 10.0. The Bertz CT molecular complexity index is 955. The van der Waals surface area contributed by atoms with Crippen LogP contribution in [0.1, 0.15) is 43.6 Å². The second kappa shape index (κ2) is 7.12. The molecule has 0 radical (unpaired) electrons. The van der Waals surface area contributed by atoms with Gasteiger partial charge in [-0.15, -0.1) is 16.4 Å². The number of hydrogen-bond donors (Lipinski definition) is 3. The Morgan fingerprint density at radius 3 is 3.04 bits per heavy atom. The number of aryl methyl sites for hydroxylation is 2. The smallest absolute Gasteiger partial charge is 0.252 e. The molecule has 9 nitrogen and oxygen atoms in total. The minimum Gasteiger partial charge on any atom is -0.367 e. The minimum atomic E-state index is -0.0957. The summed E-state index contributed by atoms with van der Waals surface area (Å²) in [5, 5.41) is 15.3. The van der Waals surface area contributed by atoms with Crippen LogP contribution >= 0.6 is 11.3 Å². The largest absolute Gasteiger partial charge is 0.367 e. The molecule has 0 unspecified atom stereocenters. The third kappa shape index (κ3) is 3.58. The zero-order valence-electron chi connectivity index (χ0n) is 15.2. The highest BCUT2D eigenvalue weighted by Gasteiger charge is 2.25. The van der Waals surface area contributed by atoms with Crippen molar-refractivity contribution < 1.29 is 9.32 Å². The van der Waals surface area contributed by atoms with Gasteiger partial charge in [0, 0.05) is 35.5 Å². The molecule has 4 rings (SSSR count). The van der Waals surface area contributed by atoms with Crippen molar-refractivity contribution in [3.63, 3.8) is 0 Å². The quantitative estimate of drug-likeness (QED) is 0.606. The van der Waals surface area contributed by atoms with Crippen molar-refractivity contribution >= 4 is 23.2 Å². The number of nitrogens with one attached hydrogen (secondary N) is 2. The maximum absolute atomic E-state index is 12.6. The van der Waals surface area contributed by atoms with E-state index in [4.69, 9.17) is 10.3 Å². The summed E-state index contributed by atoms with van der Waals surface area (Å²) in [6.45, 7) is 6.72. The van der Waals surface area contributed by atoms with Gasteiger partial charge in [0.15, 0.2) is 0 Å². The number of nitrogen functional groups attached to an aromatic ring is 1. The number of thiophene rings is 1. The molecule has 3 aromatic rings. The molecule has 0 aliphatic carbocycles. The Kier molecular flexibility index (Phi) is 4.66. The molecule has 0 fully saturated rings. The molecular weight excluding hydrogens is 366 g/mol. The van der Waals surface area contributed by atoms with Crippen LogP contribution in [0, 0.1) is 13.8 Å². The first-order valence-corrected chi connectivity index (χ1v) is 9.57. The molecule has 0 aromatic carbocycles. The Hall–Kier alpha value is -2.72. The van der Waals surface area contributed by atoms with Crippen LogP contribution in [0.25, 0.3) is 0 Å². The van der Waals surface area contributed by atoms with Gasteiger partial charge in [-0.05, 0) is 25.8 Å². The number of hydrogen-bond acceptors (Lipinski definition) is 8. The average molecular weight is 387 g/mol. The highest BCUT2D eigenvalue weighted by Crippen LogP contribution is 2.30. The van der Waals surface area contributed by atoms with E-state index >= 15 is 0 Å². The summed E-state index contributed by atoms with van der Waals surface area (Å²) >= 11 is 1.63. The van der Waals surface area contributed by atoms with Crippen LogP contribution in [0.3, 0.4) is 0 Å². The van der Waals surface area contributed by atoms with Gasteiger partial charge in [0.1, 0.15) is 11.6 Å². The molecule has 1 aliphatic heterocycles. The highest BCUT2D eigenvalue weighted by molar-refractivity contribution is 7.10. The van der Waals surface area contributed by atoms with E-state index in [1.54, 1.807) is 11.3 Å². The third-order valence-corrected chi connectivity index (χ3v) is 5.81. The predicted octanol–water partition coefficient (Wildman–Crippen LogP) is 1.54. The monoisotopic (exact) mass is 387 g/mol. The molecule has 0 saturated carbocycles. The summed E-state index contributed by atoms with van der Waals surface area (Å²) in [5.74, 6) is 1.49. The van der Waals surface area contributed by atoms with Crippen LogP contribution in [0.15, 0.2) is 9.90 Å². The number of carbonyl (C=O) groups excluding carboxylic acids is 1. The molecule has 27 heavy (non-hydrogen) atoms. The molecule has 1 amide bonds. The molecule has 3 aromatic heterocycles. The van der Waals surface area contributed by atoms with Gasteiger partial charge in [-0.25, -0.2) is 0 Å². The fraction of sp³-hybridized carbons (Fsp3) is 0.412. The Morgan fingerprint density at radius 2 is 2.33 bits per heavy atom. The number of rotatable bonds is 5. The topological polar surface area (TPSA) is 126 Å². The van der Waals surface area contributed by atoms with Crippen LogP contribution in [0.4, 0.5) is 5.95 Å². The van der Waals surface area contributed by atoms with Gasteiger partial charge < -0.3 is 15.6 Å². The summed E-state index contributed by atoms with van der Waals surface area (Å²) in [6, 6.07) is 0. The summed E-state index contributed by atoms with van der Waals surface area (Å²) in [5.41, 5.74) is 9.46. The molecule has 4 N–H and O–H groups in total. The second-order valence-corrected chi connectivity index (χ2v) is 7.60. The van der Waals surface area contributed by atoms with Crippen molar-refractivity contribution in [2.45, 2.75) is 39.9 Å². The molecule has 0 atom stereocenters. The van der Waals surface area contributed by atoms with Gasteiger partial charge in [-0.3, -0.25) is 14.8 Å². The van der Waals surface area contributed by atoms with Crippen molar-refractivity contribution in [3.8, 4) is 0 Å². The molecule has 142 valence electrons. The van der Waals surface area contributed by atoms with Crippen molar-refractivity contribution in [1.82, 2.24) is 30.6 Å². The van der Waals surface area contributed by atoms with Gasteiger partial charge in [0.05, 0.1) is 17.8 Å². The van der Waals surface area contributed by atoms with Crippen molar-refractivity contribution in [1.29, 1.82) is 0 Å². The van der Waals surface area contributed by atoms with E-state index in [0.717, 1.165) is 54.2 Å². The third-order valence-electron chi connectivity index (χ3n) is 4.80. The summed E-state index contributed by atoms with van der Waals surface area (Å²) in [4.78, 5) is 20.1. The van der Waals surface area contributed by atoms with Crippen molar-refractivity contribution in [3.05, 3.63) is 44.2 Å². The molecule has 0 spiro atoms. The zero-order valence-corrected chi connectivity index (χ0v) is 16.0. The summed E-state index contributed by atoms with van der Waals surface area (Å²) in [6.07, 6.45) is 0.847. The molecule has 0 bridgehead atoms. The molecule has 0 saturated heterocycles. The predicted molar refractivity (Wildman–Crippen MR) is 100 cm³/mol. The van der Waals surface area contributed by atoms with Gasteiger partial charge in [0.25, 0.3) is 5.91 Å². The van der Waals surface area contributed by atoms with Crippen molar-refractivity contribution in [2.75, 3.05) is 12.3 Å². The van der Waals surface area contributed by atoms with E-state index in [1.165, 1.54) is 4.88 Å². The SMILES string of the molecule is Cc1noc(C)c1CN1CCc2c(C(=O)NCc3nc(N)n[nH]3)csc2C1. The number of amides is 1. The van der Waals surface area contributed by atoms with E-state index in [9.17, 15) is 4.79 Å². The first-order valence-electron chi connectivity index (χ1n) is 8.69. The van der Waals surface area contributed by atoms with E-state index in [1.807, 2.05) is 19.2 Å². The molecule has 4 heterocycles. The number of anilines is 1. The fourth-order valence-electron chi connectivity index (χ4n) is 3.31. The molecular formula is C17H21N7O2S. The van der Waals surface area contributed by atoms with Crippen LogP contribution in [-0.4, -0.2) is 37.7 Å². The van der Waals surface area contributed by atoms with E-state index in [0.29, 0.717) is 5.82 Å². The number of aromatic amines is 1. The first-order chi connectivity index (χ1) is 13.0. The Balaban J connectivity index is 1.41. The lowest BCUT2D eigenvalue weighted by Gasteiger charge is -2.27. The average Bonchev–Trinajstić information content (AvgIpc) is 3.34. The number of fused-ring (bicyclic) bond motifs is 1. The van der Waals surface area contributed by atoms with Gasteiger partial charge in [0.2, 0.25) is 5.95 Å².